The minimum absolute atomic E-state index is 0.0534. The van der Waals surface area contributed by atoms with Crippen LogP contribution in [-0.4, -0.2) is 83.2 Å². The van der Waals surface area contributed by atoms with Crippen LogP contribution < -0.4 is 19.5 Å². The highest BCUT2D eigenvalue weighted by atomic mass is 16.5. The van der Waals surface area contributed by atoms with Gasteiger partial charge in [0.25, 0.3) is 5.91 Å². The standard InChI is InChI=1S/C53H59N5O6/c1-53(26-7-4-8-27-53)45-24-18-39-34-41(63-35-37-12-5-3-6-13-37)21-22-42(39)49(45)38-16-19-40(20-17-38)62-33-10-9-28-57-29-31-58(32-30-57)48(60)36-64-46-15-11-14-43-50(55-56(2)51(43)46)44-23-25-47(59)54-52(44)61/h3-8,11-17,19-22,26,34,44-45,49H,9-10,18,23-25,27-33,35-36H2,1-2H3,(H,54,59,61)/t44?,45-,49+,53?/m0/s1. The number of aryl methyl sites for hydroxylation is 2. The number of para-hydroxylation sites is 1. The van der Waals surface area contributed by atoms with E-state index in [1.165, 1.54) is 22.3 Å². The Kier molecular flexibility index (Phi) is 13.0. The SMILES string of the molecule is Cn1nc(C2CCC(=O)NC2=O)c2cccc(OCC(=O)N3CCN(CCCCOc4ccc([C@@H]5c6ccc(OCc7ccccc7)cc6CC[C@@H]5C5(C)C=CC=CC5)cc4)CC3)c21. The molecule has 2 aliphatic carbocycles. The number of piperazine rings is 1. The van der Waals surface area contributed by atoms with E-state index < -0.39 is 5.92 Å². The van der Waals surface area contributed by atoms with Crippen molar-refractivity contribution in [2.45, 2.75) is 70.3 Å². The molecule has 2 saturated heterocycles. The zero-order chi connectivity index (χ0) is 44.0. The monoisotopic (exact) mass is 861 g/mol. The highest BCUT2D eigenvalue weighted by Gasteiger charge is 2.41. The van der Waals surface area contributed by atoms with Gasteiger partial charge in [-0.2, -0.15) is 5.10 Å². The number of nitrogens with zero attached hydrogens (tertiary/aromatic N) is 4. The third kappa shape index (κ3) is 9.50. The predicted molar refractivity (Wildman–Crippen MR) is 247 cm³/mol. The number of allylic oxidation sites excluding steroid dienone is 4. The van der Waals surface area contributed by atoms with Gasteiger partial charge in [0.15, 0.2) is 6.61 Å². The van der Waals surface area contributed by atoms with Gasteiger partial charge in [-0.1, -0.05) is 91.9 Å². The average Bonchev–Trinajstić information content (AvgIpc) is 3.66. The molecule has 4 atom stereocenters. The van der Waals surface area contributed by atoms with Crippen molar-refractivity contribution in [2.24, 2.45) is 18.4 Å². The highest BCUT2D eigenvalue weighted by Crippen LogP contribution is 2.52. The molecule has 11 heteroatoms. The molecule has 1 aromatic heterocycles. The van der Waals surface area contributed by atoms with E-state index in [1.807, 2.05) is 29.2 Å². The summed E-state index contributed by atoms with van der Waals surface area (Å²) in [5.74, 6) is 1.96. The number of benzene rings is 4. The molecule has 9 rings (SSSR count). The Balaban J connectivity index is 0.737. The van der Waals surface area contributed by atoms with E-state index >= 15 is 0 Å². The van der Waals surface area contributed by atoms with Crippen molar-refractivity contribution in [3.05, 3.63) is 143 Å². The van der Waals surface area contributed by atoms with Gasteiger partial charge in [0.1, 0.15) is 29.4 Å². The quantitative estimate of drug-likeness (QED) is 0.0827. The van der Waals surface area contributed by atoms with E-state index in [9.17, 15) is 14.4 Å². The molecule has 3 heterocycles. The van der Waals surface area contributed by atoms with E-state index in [1.54, 1.807) is 11.7 Å². The second-order valence-electron chi connectivity index (χ2n) is 18.1. The van der Waals surface area contributed by atoms with Gasteiger partial charge >= 0.3 is 0 Å². The van der Waals surface area contributed by atoms with Gasteiger partial charge in [-0.05, 0) is 109 Å². The van der Waals surface area contributed by atoms with E-state index in [4.69, 9.17) is 14.2 Å². The zero-order valence-electron chi connectivity index (χ0n) is 37.0. The summed E-state index contributed by atoms with van der Waals surface area (Å²) in [5, 5.41) is 7.84. The van der Waals surface area contributed by atoms with Crippen molar-refractivity contribution in [1.29, 1.82) is 0 Å². The van der Waals surface area contributed by atoms with Crippen LogP contribution in [0.5, 0.6) is 17.2 Å². The maximum atomic E-state index is 13.3. The zero-order valence-corrected chi connectivity index (χ0v) is 37.0. The minimum atomic E-state index is -0.507. The average molecular weight is 862 g/mol. The fourth-order valence-electron chi connectivity index (χ4n) is 10.3. The lowest BCUT2D eigenvalue weighted by Crippen LogP contribution is -2.50. The van der Waals surface area contributed by atoms with Gasteiger partial charge in [-0.3, -0.25) is 29.3 Å². The largest absolute Gasteiger partial charge is 0.494 e. The van der Waals surface area contributed by atoms with Gasteiger partial charge in [-0.15, -0.1) is 0 Å². The van der Waals surface area contributed by atoms with Gasteiger partial charge in [0.05, 0.1) is 18.2 Å². The Morgan fingerprint density at radius 3 is 2.44 bits per heavy atom. The number of fused-ring (bicyclic) bond motifs is 2. The van der Waals surface area contributed by atoms with Gasteiger partial charge in [0, 0.05) is 51.0 Å². The Labute approximate surface area is 376 Å². The van der Waals surface area contributed by atoms with Crippen molar-refractivity contribution in [1.82, 2.24) is 24.9 Å². The number of amides is 3. The number of hydrogen-bond donors (Lipinski definition) is 1. The molecule has 3 amide bonds. The van der Waals surface area contributed by atoms with Crippen LogP contribution in [-0.2, 0) is 34.5 Å². The summed E-state index contributed by atoms with van der Waals surface area (Å²) in [6, 6.07) is 31.5. The number of nitrogens with one attached hydrogen (secondary N) is 1. The normalized spacial score (nSPS) is 22.3. The van der Waals surface area contributed by atoms with Gasteiger partial charge in [0.2, 0.25) is 11.8 Å². The van der Waals surface area contributed by atoms with Crippen LogP contribution in [0.3, 0.4) is 0 Å². The first-order valence-electron chi connectivity index (χ1n) is 23.0. The Bertz CT molecular complexity index is 2520. The maximum absolute atomic E-state index is 13.3. The molecule has 4 aromatic carbocycles. The molecule has 11 nitrogen and oxygen atoms in total. The topological polar surface area (TPSA) is 115 Å². The Hall–Kier alpha value is -6.20. The Morgan fingerprint density at radius 1 is 0.844 bits per heavy atom. The molecule has 64 heavy (non-hydrogen) atoms. The number of rotatable bonds is 15. The van der Waals surface area contributed by atoms with Crippen LogP contribution >= 0.6 is 0 Å². The molecule has 2 aliphatic heterocycles. The highest BCUT2D eigenvalue weighted by molar-refractivity contribution is 6.03. The summed E-state index contributed by atoms with van der Waals surface area (Å²) >= 11 is 0. The third-order valence-electron chi connectivity index (χ3n) is 13.8. The van der Waals surface area contributed by atoms with Crippen molar-refractivity contribution in [3.8, 4) is 17.2 Å². The van der Waals surface area contributed by atoms with Crippen LogP contribution in [0, 0.1) is 11.3 Å². The van der Waals surface area contributed by atoms with Crippen molar-refractivity contribution in [2.75, 3.05) is 45.9 Å². The van der Waals surface area contributed by atoms with E-state index in [2.05, 4.69) is 113 Å². The number of imide groups is 1. The van der Waals surface area contributed by atoms with Crippen LogP contribution in [0.2, 0.25) is 0 Å². The summed E-state index contributed by atoms with van der Waals surface area (Å²) in [6.07, 6.45) is 15.0. The predicted octanol–water partition coefficient (Wildman–Crippen LogP) is 8.27. The van der Waals surface area contributed by atoms with E-state index in [0.29, 0.717) is 50.1 Å². The van der Waals surface area contributed by atoms with Crippen molar-refractivity contribution >= 4 is 28.6 Å². The van der Waals surface area contributed by atoms with Crippen LogP contribution in [0.1, 0.15) is 85.2 Å². The number of carbonyl (C=O) groups is 3. The lowest BCUT2D eigenvalue weighted by molar-refractivity contribution is -0.135. The maximum Gasteiger partial charge on any atom is 0.260 e. The number of hydrogen-bond acceptors (Lipinski definition) is 8. The molecule has 4 aliphatic rings. The first-order chi connectivity index (χ1) is 31.2. The van der Waals surface area contributed by atoms with Crippen LogP contribution in [0.25, 0.3) is 10.9 Å². The van der Waals surface area contributed by atoms with Crippen LogP contribution in [0.4, 0.5) is 0 Å². The van der Waals surface area contributed by atoms with Crippen molar-refractivity contribution in [3.63, 3.8) is 0 Å². The van der Waals surface area contributed by atoms with Crippen molar-refractivity contribution < 1.29 is 28.6 Å². The number of piperidine rings is 1. The van der Waals surface area contributed by atoms with E-state index in [0.717, 1.165) is 74.1 Å². The molecule has 0 spiro atoms. The molecule has 2 fully saturated rings. The second kappa shape index (κ2) is 19.3. The molecule has 0 saturated carbocycles. The fourth-order valence-corrected chi connectivity index (χ4v) is 10.3. The lowest BCUT2D eigenvalue weighted by Gasteiger charge is -2.44. The summed E-state index contributed by atoms with van der Waals surface area (Å²) in [4.78, 5) is 41.8. The lowest BCUT2D eigenvalue weighted by atomic mass is 9.59. The molecule has 5 aromatic rings. The van der Waals surface area contributed by atoms with Gasteiger partial charge in [-0.25, -0.2) is 0 Å². The number of unbranched alkanes of at least 4 members (excludes halogenated alkanes) is 1. The molecule has 2 unspecified atom stereocenters. The van der Waals surface area contributed by atoms with Gasteiger partial charge < -0.3 is 19.1 Å². The second-order valence-corrected chi connectivity index (χ2v) is 18.1. The number of aromatic nitrogens is 2. The first-order valence-corrected chi connectivity index (χ1v) is 23.0. The molecule has 332 valence electrons. The molecule has 0 bridgehead atoms. The first kappa shape index (κ1) is 43.1. The minimum Gasteiger partial charge on any atom is -0.494 e. The molecule has 0 radical (unpaired) electrons. The number of carbonyl (C=O) groups excluding carboxylic acids is 3. The smallest absolute Gasteiger partial charge is 0.260 e. The molecular weight excluding hydrogens is 803 g/mol. The summed E-state index contributed by atoms with van der Waals surface area (Å²) in [5.41, 5.74) is 6.70. The summed E-state index contributed by atoms with van der Waals surface area (Å²) < 4.78 is 20.3. The van der Waals surface area contributed by atoms with E-state index in [-0.39, 0.29) is 42.1 Å². The number of ether oxygens (including phenoxy) is 3. The molecule has 1 N–H and O–H groups in total. The van der Waals surface area contributed by atoms with Crippen LogP contribution in [0.15, 0.2) is 115 Å². The third-order valence-corrected chi connectivity index (χ3v) is 13.8. The Morgan fingerprint density at radius 2 is 1.66 bits per heavy atom. The summed E-state index contributed by atoms with van der Waals surface area (Å²) in [6.45, 7) is 7.47. The summed E-state index contributed by atoms with van der Waals surface area (Å²) in [7, 11) is 1.80. The fraction of sp³-hybridized carbons (Fsp3) is 0.396. The molecular formula is C53H59N5O6.